The number of aromatic nitrogens is 2. The van der Waals surface area contributed by atoms with E-state index in [0.717, 1.165) is 26.1 Å². The number of piperidine rings is 1. The summed E-state index contributed by atoms with van der Waals surface area (Å²) in [6.07, 6.45) is 3.93. The molecule has 0 bridgehead atoms. The Morgan fingerprint density at radius 1 is 1.55 bits per heavy atom. The molecule has 0 spiro atoms. The first-order chi connectivity index (χ1) is 9.56. The van der Waals surface area contributed by atoms with Crippen molar-refractivity contribution in [3.63, 3.8) is 0 Å². The molecule has 1 saturated heterocycles. The van der Waals surface area contributed by atoms with Crippen molar-refractivity contribution < 1.29 is 4.79 Å². The minimum atomic E-state index is 0.0200. The van der Waals surface area contributed by atoms with Gasteiger partial charge in [-0.3, -0.25) is 4.79 Å². The first kappa shape index (κ1) is 14.8. The van der Waals surface area contributed by atoms with Gasteiger partial charge in [-0.05, 0) is 30.7 Å². The van der Waals surface area contributed by atoms with Crippen molar-refractivity contribution >= 4 is 11.9 Å². The molecule has 5 heteroatoms. The second-order valence-electron chi connectivity index (χ2n) is 6.04. The van der Waals surface area contributed by atoms with E-state index in [2.05, 4.69) is 36.1 Å². The number of likely N-dealkylation sites (tertiary alicyclic amines) is 1. The summed E-state index contributed by atoms with van der Waals surface area (Å²) in [5.41, 5.74) is 0.486. The third-order valence-corrected chi connectivity index (χ3v) is 3.49. The highest BCUT2D eigenvalue weighted by atomic mass is 16.2. The summed E-state index contributed by atoms with van der Waals surface area (Å²) in [4.78, 5) is 22.8. The number of nitrogens with zero attached hydrogens (tertiary/aromatic N) is 3. The van der Waals surface area contributed by atoms with Crippen LogP contribution in [0.15, 0.2) is 12.3 Å². The molecule has 0 aliphatic carbocycles. The van der Waals surface area contributed by atoms with Crippen LogP contribution in [0.2, 0.25) is 0 Å². The second kappa shape index (κ2) is 6.68. The first-order valence-electron chi connectivity index (χ1n) is 7.42. The third kappa shape index (κ3) is 3.92. The molecule has 1 atom stereocenters. The van der Waals surface area contributed by atoms with E-state index in [0.29, 0.717) is 23.5 Å². The van der Waals surface area contributed by atoms with Crippen LogP contribution in [0.1, 0.15) is 44.1 Å². The van der Waals surface area contributed by atoms with Crippen molar-refractivity contribution in [1.29, 1.82) is 0 Å². The number of nitrogens with one attached hydrogen (secondary N) is 1. The van der Waals surface area contributed by atoms with Gasteiger partial charge in [0.2, 0.25) is 5.95 Å². The average molecular weight is 276 g/mol. The van der Waals surface area contributed by atoms with Crippen molar-refractivity contribution in [1.82, 2.24) is 14.9 Å². The molecule has 1 N–H and O–H groups in total. The van der Waals surface area contributed by atoms with Gasteiger partial charge in [-0.1, -0.05) is 20.8 Å². The molecule has 5 nitrogen and oxygen atoms in total. The van der Waals surface area contributed by atoms with E-state index in [4.69, 9.17) is 0 Å². The van der Waals surface area contributed by atoms with Gasteiger partial charge in [0.05, 0.1) is 0 Å². The van der Waals surface area contributed by atoms with Gasteiger partial charge < -0.3 is 10.2 Å². The lowest BCUT2D eigenvalue weighted by Crippen LogP contribution is -2.39. The minimum Gasteiger partial charge on any atom is -0.354 e. The molecule has 0 saturated carbocycles. The molecule has 110 valence electrons. The van der Waals surface area contributed by atoms with Crippen LogP contribution in [0.5, 0.6) is 0 Å². The van der Waals surface area contributed by atoms with E-state index >= 15 is 0 Å². The quantitative estimate of drug-likeness (QED) is 0.917. The van der Waals surface area contributed by atoms with Gasteiger partial charge in [-0.2, -0.15) is 0 Å². The monoisotopic (exact) mass is 276 g/mol. The number of anilines is 1. The second-order valence-corrected chi connectivity index (χ2v) is 6.04. The molecule has 0 radical (unpaired) electrons. The Hall–Kier alpha value is -1.65. The molecule has 0 aromatic carbocycles. The van der Waals surface area contributed by atoms with Gasteiger partial charge in [-0.25, -0.2) is 9.97 Å². The number of carbonyl (C=O) groups excluding carboxylic acids is 1. The predicted molar refractivity (Wildman–Crippen MR) is 79.7 cm³/mol. The fourth-order valence-electron chi connectivity index (χ4n) is 2.39. The van der Waals surface area contributed by atoms with E-state index in [1.54, 1.807) is 12.3 Å². The van der Waals surface area contributed by atoms with Crippen LogP contribution in [0.4, 0.5) is 5.95 Å². The minimum absolute atomic E-state index is 0.0200. The van der Waals surface area contributed by atoms with Crippen LogP contribution in [-0.4, -0.2) is 40.4 Å². The van der Waals surface area contributed by atoms with E-state index < -0.39 is 0 Å². The Morgan fingerprint density at radius 2 is 2.35 bits per heavy atom. The fraction of sp³-hybridized carbons (Fsp3) is 0.667. The number of rotatable bonds is 4. The Labute approximate surface area is 120 Å². The Bertz CT molecular complexity index is 461. The molecule has 1 aliphatic rings. The average Bonchev–Trinajstić information content (AvgIpc) is 2.44. The standard InChI is InChI=1S/C15H24N4O/c1-11(2)9-17-15-16-7-6-13(18-15)14(20)19-8-4-5-12(3)10-19/h6-7,11-12H,4-5,8-10H2,1-3H3,(H,16,17,18). The number of carbonyl (C=O) groups is 1. The van der Waals surface area contributed by atoms with Crippen LogP contribution in [0.3, 0.4) is 0 Å². The fourth-order valence-corrected chi connectivity index (χ4v) is 2.39. The maximum absolute atomic E-state index is 12.4. The summed E-state index contributed by atoms with van der Waals surface area (Å²) in [7, 11) is 0. The lowest BCUT2D eigenvalue weighted by atomic mass is 10.00. The highest BCUT2D eigenvalue weighted by Crippen LogP contribution is 2.17. The maximum Gasteiger partial charge on any atom is 0.272 e. The van der Waals surface area contributed by atoms with Crippen molar-refractivity contribution in [3.05, 3.63) is 18.0 Å². The van der Waals surface area contributed by atoms with E-state index in [-0.39, 0.29) is 5.91 Å². The largest absolute Gasteiger partial charge is 0.354 e. The van der Waals surface area contributed by atoms with Crippen LogP contribution in [0.25, 0.3) is 0 Å². The molecule has 1 aromatic rings. The van der Waals surface area contributed by atoms with Gasteiger partial charge >= 0.3 is 0 Å². The van der Waals surface area contributed by atoms with Gasteiger partial charge in [0.25, 0.3) is 5.91 Å². The molecule has 2 rings (SSSR count). The van der Waals surface area contributed by atoms with Crippen LogP contribution >= 0.6 is 0 Å². The van der Waals surface area contributed by atoms with E-state index in [1.807, 2.05) is 4.90 Å². The summed E-state index contributed by atoms with van der Waals surface area (Å²) in [5.74, 6) is 1.65. The Morgan fingerprint density at radius 3 is 3.05 bits per heavy atom. The van der Waals surface area contributed by atoms with Crippen LogP contribution < -0.4 is 5.32 Å². The summed E-state index contributed by atoms with van der Waals surface area (Å²) < 4.78 is 0. The molecular formula is C15H24N4O. The summed E-state index contributed by atoms with van der Waals surface area (Å²) in [6, 6.07) is 1.70. The highest BCUT2D eigenvalue weighted by molar-refractivity contribution is 5.92. The van der Waals surface area contributed by atoms with Gasteiger partial charge in [0.15, 0.2) is 0 Å². The lowest BCUT2D eigenvalue weighted by molar-refractivity contribution is 0.0677. The SMILES string of the molecule is CC(C)CNc1nccc(C(=O)N2CCCC(C)C2)n1. The Balaban J connectivity index is 2.04. The number of hydrogen-bond acceptors (Lipinski definition) is 4. The molecule has 1 amide bonds. The molecule has 1 aliphatic heterocycles. The maximum atomic E-state index is 12.4. The predicted octanol–water partition coefficient (Wildman–Crippen LogP) is 2.42. The zero-order chi connectivity index (χ0) is 14.5. The topological polar surface area (TPSA) is 58.1 Å². The highest BCUT2D eigenvalue weighted by Gasteiger charge is 2.23. The zero-order valence-corrected chi connectivity index (χ0v) is 12.6. The number of hydrogen-bond donors (Lipinski definition) is 1. The number of amides is 1. The molecule has 1 aromatic heterocycles. The Kier molecular flexibility index (Phi) is 4.93. The van der Waals surface area contributed by atoms with Crippen molar-refractivity contribution in [2.24, 2.45) is 11.8 Å². The summed E-state index contributed by atoms with van der Waals surface area (Å²) in [6.45, 7) is 8.90. The van der Waals surface area contributed by atoms with Crippen molar-refractivity contribution in [2.45, 2.75) is 33.6 Å². The van der Waals surface area contributed by atoms with Crippen LogP contribution in [0, 0.1) is 11.8 Å². The summed E-state index contributed by atoms with van der Waals surface area (Å²) in [5, 5.41) is 3.16. The van der Waals surface area contributed by atoms with Gasteiger partial charge in [-0.15, -0.1) is 0 Å². The van der Waals surface area contributed by atoms with Crippen molar-refractivity contribution in [2.75, 3.05) is 25.0 Å². The molecular weight excluding hydrogens is 252 g/mol. The molecule has 2 heterocycles. The lowest BCUT2D eigenvalue weighted by Gasteiger charge is -2.30. The normalized spacial score (nSPS) is 19.2. The molecule has 20 heavy (non-hydrogen) atoms. The molecule has 1 fully saturated rings. The molecule has 1 unspecified atom stereocenters. The zero-order valence-electron chi connectivity index (χ0n) is 12.6. The van der Waals surface area contributed by atoms with E-state index in [9.17, 15) is 4.79 Å². The first-order valence-corrected chi connectivity index (χ1v) is 7.42. The van der Waals surface area contributed by atoms with Crippen molar-refractivity contribution in [3.8, 4) is 0 Å². The summed E-state index contributed by atoms with van der Waals surface area (Å²) >= 11 is 0. The van der Waals surface area contributed by atoms with Gasteiger partial charge in [0.1, 0.15) is 5.69 Å². The smallest absolute Gasteiger partial charge is 0.272 e. The van der Waals surface area contributed by atoms with Crippen LogP contribution in [-0.2, 0) is 0 Å². The third-order valence-electron chi connectivity index (χ3n) is 3.49. The van der Waals surface area contributed by atoms with Gasteiger partial charge in [0, 0.05) is 25.8 Å². The van der Waals surface area contributed by atoms with E-state index in [1.165, 1.54) is 6.42 Å².